The standard InChI is InChI=1S/C13H10ClN7O.Na/c14-8-5-10(7-1-3-9(15)4-2-7)16-11(6-8)12(22)17-13-18-20-21-19-13;/h1-6H,15H2,(H2,17,18,19,20,21,22);/q;+1. The fraction of sp³-hybridized carbons (Fsp3) is 0. The van der Waals surface area contributed by atoms with Gasteiger partial charge in [0.25, 0.3) is 11.9 Å². The molecule has 110 valence electrons. The molecule has 0 saturated heterocycles. The summed E-state index contributed by atoms with van der Waals surface area (Å²) in [6.07, 6.45) is 0. The molecule has 2 aromatic heterocycles. The number of aromatic nitrogens is 5. The number of hydrogen-bond acceptors (Lipinski definition) is 6. The molecular formula is C13H10ClN7NaO+. The molecule has 23 heavy (non-hydrogen) atoms. The topological polar surface area (TPSA) is 122 Å². The minimum Gasteiger partial charge on any atom is -0.399 e. The number of rotatable bonds is 3. The first-order chi connectivity index (χ1) is 10.6. The summed E-state index contributed by atoms with van der Waals surface area (Å²) in [7, 11) is 0. The third-order valence-corrected chi connectivity index (χ3v) is 3.02. The number of halogens is 1. The maximum atomic E-state index is 12.1. The number of anilines is 2. The van der Waals surface area contributed by atoms with Crippen molar-refractivity contribution in [2.24, 2.45) is 0 Å². The van der Waals surface area contributed by atoms with E-state index >= 15 is 0 Å². The molecular weight excluding hydrogens is 329 g/mol. The molecule has 1 aromatic carbocycles. The number of tetrazole rings is 1. The average Bonchev–Trinajstić information content (AvgIpc) is 3.00. The Bertz CT molecular complexity index is 808. The summed E-state index contributed by atoms with van der Waals surface area (Å²) >= 11 is 6.06. The molecule has 0 saturated carbocycles. The number of nitrogens with one attached hydrogen (secondary N) is 2. The third-order valence-electron chi connectivity index (χ3n) is 2.80. The predicted molar refractivity (Wildman–Crippen MR) is 81.2 cm³/mol. The zero-order chi connectivity index (χ0) is 15.5. The van der Waals surface area contributed by atoms with Crippen molar-refractivity contribution >= 4 is 29.1 Å². The Balaban J connectivity index is 0.00000192. The normalized spacial score (nSPS) is 9.96. The molecule has 0 spiro atoms. The van der Waals surface area contributed by atoms with E-state index < -0.39 is 5.91 Å². The van der Waals surface area contributed by atoms with Crippen LogP contribution >= 0.6 is 11.6 Å². The van der Waals surface area contributed by atoms with E-state index in [-0.39, 0.29) is 41.2 Å². The molecule has 8 nitrogen and oxygen atoms in total. The fourth-order valence-corrected chi connectivity index (χ4v) is 2.00. The van der Waals surface area contributed by atoms with E-state index in [0.717, 1.165) is 5.56 Å². The van der Waals surface area contributed by atoms with Gasteiger partial charge < -0.3 is 5.73 Å². The van der Waals surface area contributed by atoms with E-state index in [1.165, 1.54) is 6.07 Å². The summed E-state index contributed by atoms with van der Waals surface area (Å²) in [6, 6.07) is 10.2. The Morgan fingerprint density at radius 2 is 1.96 bits per heavy atom. The van der Waals surface area contributed by atoms with Crippen molar-refractivity contribution in [3.63, 3.8) is 0 Å². The minimum absolute atomic E-state index is 0. The van der Waals surface area contributed by atoms with Crippen LogP contribution in [0.3, 0.4) is 0 Å². The van der Waals surface area contributed by atoms with E-state index in [1.54, 1.807) is 30.3 Å². The van der Waals surface area contributed by atoms with E-state index in [2.05, 4.69) is 30.9 Å². The van der Waals surface area contributed by atoms with Crippen LogP contribution in [0.5, 0.6) is 0 Å². The third kappa shape index (κ3) is 4.26. The quantitative estimate of drug-likeness (QED) is 0.405. The van der Waals surface area contributed by atoms with Crippen LogP contribution in [0.2, 0.25) is 5.02 Å². The summed E-state index contributed by atoms with van der Waals surface area (Å²) in [6.45, 7) is 0. The molecule has 3 aromatic rings. The molecule has 0 aliphatic carbocycles. The van der Waals surface area contributed by atoms with Gasteiger partial charge in [0.05, 0.1) is 5.69 Å². The smallest absolute Gasteiger partial charge is 0.399 e. The Labute approximate surface area is 158 Å². The molecule has 0 aliphatic rings. The molecule has 10 heteroatoms. The second-order valence-corrected chi connectivity index (χ2v) is 4.80. The molecule has 3 rings (SSSR count). The van der Waals surface area contributed by atoms with Gasteiger partial charge in [-0.25, -0.2) is 4.98 Å². The summed E-state index contributed by atoms with van der Waals surface area (Å²) in [5, 5.41) is 15.7. The van der Waals surface area contributed by atoms with Gasteiger partial charge in [0.1, 0.15) is 5.69 Å². The van der Waals surface area contributed by atoms with Crippen LogP contribution in [0.15, 0.2) is 36.4 Å². The first-order valence-corrected chi connectivity index (χ1v) is 6.58. The van der Waals surface area contributed by atoms with Crippen molar-refractivity contribution in [3.8, 4) is 11.3 Å². The van der Waals surface area contributed by atoms with Gasteiger partial charge in [0, 0.05) is 16.3 Å². The minimum atomic E-state index is -0.486. The van der Waals surface area contributed by atoms with E-state index in [9.17, 15) is 4.79 Å². The largest absolute Gasteiger partial charge is 1.00 e. The number of benzene rings is 1. The van der Waals surface area contributed by atoms with Gasteiger partial charge in [0.2, 0.25) is 0 Å². The van der Waals surface area contributed by atoms with Gasteiger partial charge in [0.15, 0.2) is 0 Å². The average molecular weight is 339 g/mol. The summed E-state index contributed by atoms with van der Waals surface area (Å²) in [5.74, 6) is -0.429. The number of carbonyl (C=O) groups is 1. The summed E-state index contributed by atoms with van der Waals surface area (Å²) in [5.41, 5.74) is 7.80. The van der Waals surface area contributed by atoms with E-state index in [0.29, 0.717) is 16.4 Å². The molecule has 2 heterocycles. The Morgan fingerprint density at radius 1 is 1.22 bits per heavy atom. The van der Waals surface area contributed by atoms with Crippen molar-refractivity contribution in [3.05, 3.63) is 47.1 Å². The number of aromatic amines is 1. The Morgan fingerprint density at radius 3 is 2.61 bits per heavy atom. The van der Waals surface area contributed by atoms with Crippen LogP contribution < -0.4 is 40.6 Å². The van der Waals surface area contributed by atoms with Gasteiger partial charge in [-0.05, 0) is 29.5 Å². The summed E-state index contributed by atoms with van der Waals surface area (Å²) < 4.78 is 0. The van der Waals surface area contributed by atoms with Crippen LogP contribution in [0.4, 0.5) is 11.6 Å². The van der Waals surface area contributed by atoms with Crippen molar-refractivity contribution in [2.45, 2.75) is 0 Å². The molecule has 4 N–H and O–H groups in total. The van der Waals surface area contributed by atoms with Crippen LogP contribution in [-0.4, -0.2) is 31.5 Å². The number of amides is 1. The number of nitrogens with zero attached hydrogens (tertiary/aromatic N) is 4. The van der Waals surface area contributed by atoms with Crippen LogP contribution in [0.25, 0.3) is 11.3 Å². The van der Waals surface area contributed by atoms with Gasteiger partial charge >= 0.3 is 29.6 Å². The SMILES string of the molecule is Nc1ccc(-c2cc(Cl)cc(C(=O)Nc3nn[nH]n3)n2)cc1.[Na+]. The van der Waals surface area contributed by atoms with Gasteiger partial charge in [-0.3, -0.25) is 10.1 Å². The number of nitrogens with two attached hydrogens (primary N) is 1. The van der Waals surface area contributed by atoms with Crippen LogP contribution in [0, 0.1) is 0 Å². The van der Waals surface area contributed by atoms with Crippen molar-refractivity contribution in [2.75, 3.05) is 11.1 Å². The van der Waals surface area contributed by atoms with Gasteiger partial charge in [-0.1, -0.05) is 28.8 Å². The monoisotopic (exact) mass is 338 g/mol. The maximum absolute atomic E-state index is 12.1. The fourth-order valence-electron chi connectivity index (χ4n) is 1.80. The predicted octanol–water partition coefficient (Wildman–Crippen LogP) is -1.25. The molecule has 0 radical (unpaired) electrons. The Kier molecular flexibility index (Phi) is 5.67. The van der Waals surface area contributed by atoms with Crippen LogP contribution in [-0.2, 0) is 0 Å². The van der Waals surface area contributed by atoms with Crippen molar-refractivity contribution in [1.82, 2.24) is 25.6 Å². The second-order valence-electron chi connectivity index (χ2n) is 4.37. The van der Waals surface area contributed by atoms with Crippen molar-refractivity contribution in [1.29, 1.82) is 0 Å². The molecule has 0 aliphatic heterocycles. The number of carbonyl (C=O) groups excluding carboxylic acids is 1. The zero-order valence-electron chi connectivity index (χ0n) is 12.1. The maximum Gasteiger partial charge on any atom is 1.00 e. The second kappa shape index (κ2) is 7.51. The number of hydrogen-bond donors (Lipinski definition) is 3. The summed E-state index contributed by atoms with van der Waals surface area (Å²) in [4.78, 5) is 16.4. The number of pyridine rings is 1. The van der Waals surface area contributed by atoms with Crippen molar-refractivity contribution < 1.29 is 34.4 Å². The first kappa shape index (κ1) is 17.4. The molecule has 0 atom stereocenters. The number of nitrogen functional groups attached to an aromatic ring is 1. The van der Waals surface area contributed by atoms with Crippen LogP contribution in [0.1, 0.15) is 10.5 Å². The Hall–Kier alpha value is -2.00. The van der Waals surface area contributed by atoms with Gasteiger partial charge in [-0.15, -0.1) is 5.10 Å². The molecule has 0 fully saturated rings. The molecule has 1 amide bonds. The van der Waals surface area contributed by atoms with E-state index in [4.69, 9.17) is 17.3 Å². The molecule has 0 bridgehead atoms. The first-order valence-electron chi connectivity index (χ1n) is 6.20. The van der Waals surface area contributed by atoms with Gasteiger partial charge in [-0.2, -0.15) is 5.21 Å². The molecule has 0 unspecified atom stereocenters. The van der Waals surface area contributed by atoms with E-state index in [1.807, 2.05) is 0 Å². The zero-order valence-corrected chi connectivity index (χ0v) is 14.9. The number of H-pyrrole nitrogens is 1.